The van der Waals surface area contributed by atoms with E-state index < -0.39 is 0 Å². The van der Waals surface area contributed by atoms with Gasteiger partial charge < -0.3 is 20.3 Å². The first-order valence-electron chi connectivity index (χ1n) is 11.5. The van der Waals surface area contributed by atoms with E-state index in [-0.39, 0.29) is 5.54 Å². The average Bonchev–Trinajstić information content (AvgIpc) is 3.46. The maximum absolute atomic E-state index is 5.69. The molecular weight excluding hydrogens is 362 g/mol. The van der Waals surface area contributed by atoms with E-state index in [9.17, 15) is 0 Å². The Kier molecular flexibility index (Phi) is 6.93. The van der Waals surface area contributed by atoms with Gasteiger partial charge in [0.2, 0.25) is 0 Å². The molecular formula is C23H37N5O. The number of ether oxygens (including phenoxy) is 1. The molecule has 160 valence electrons. The number of guanidine groups is 1. The minimum atomic E-state index is 0.183. The Bertz CT molecular complexity index is 652. The van der Waals surface area contributed by atoms with Crippen molar-refractivity contribution in [2.45, 2.75) is 50.6 Å². The van der Waals surface area contributed by atoms with Crippen molar-refractivity contribution in [1.29, 1.82) is 0 Å². The molecule has 0 aromatic heterocycles. The largest absolute Gasteiger partial charge is 0.381 e. The molecule has 0 bridgehead atoms. The summed E-state index contributed by atoms with van der Waals surface area (Å²) >= 11 is 0. The van der Waals surface area contributed by atoms with E-state index in [2.05, 4.69) is 57.7 Å². The highest BCUT2D eigenvalue weighted by Crippen LogP contribution is 2.31. The Labute approximate surface area is 175 Å². The number of nitrogens with zero attached hydrogens (tertiary/aromatic N) is 3. The van der Waals surface area contributed by atoms with Crippen LogP contribution in [0.5, 0.6) is 0 Å². The van der Waals surface area contributed by atoms with E-state index in [0.29, 0.717) is 6.04 Å². The van der Waals surface area contributed by atoms with Crippen LogP contribution in [0, 0.1) is 0 Å². The molecule has 3 aliphatic rings. The predicted octanol–water partition coefficient (Wildman–Crippen LogP) is 2.47. The van der Waals surface area contributed by atoms with Crippen molar-refractivity contribution in [2.24, 2.45) is 4.99 Å². The Morgan fingerprint density at radius 2 is 1.90 bits per heavy atom. The van der Waals surface area contributed by atoms with Gasteiger partial charge in [-0.3, -0.25) is 9.89 Å². The molecule has 0 spiro atoms. The Morgan fingerprint density at radius 1 is 1.14 bits per heavy atom. The lowest BCUT2D eigenvalue weighted by molar-refractivity contribution is -0.0139. The third kappa shape index (κ3) is 5.04. The van der Waals surface area contributed by atoms with Crippen molar-refractivity contribution in [2.75, 3.05) is 57.4 Å². The number of anilines is 1. The highest BCUT2D eigenvalue weighted by Gasteiger charge is 2.39. The second-order valence-corrected chi connectivity index (χ2v) is 8.64. The predicted molar refractivity (Wildman–Crippen MR) is 120 cm³/mol. The Balaban J connectivity index is 1.39. The molecule has 4 rings (SSSR count). The summed E-state index contributed by atoms with van der Waals surface area (Å²) in [6, 6.07) is 11.2. The van der Waals surface area contributed by atoms with Crippen molar-refractivity contribution >= 4 is 11.6 Å². The van der Waals surface area contributed by atoms with E-state index in [1.807, 2.05) is 0 Å². The summed E-state index contributed by atoms with van der Waals surface area (Å²) in [7, 11) is 0. The molecule has 6 nitrogen and oxygen atoms in total. The van der Waals surface area contributed by atoms with Crippen LogP contribution < -0.4 is 15.5 Å². The van der Waals surface area contributed by atoms with Gasteiger partial charge in [0, 0.05) is 50.1 Å². The van der Waals surface area contributed by atoms with Gasteiger partial charge in [-0.25, -0.2) is 0 Å². The van der Waals surface area contributed by atoms with Gasteiger partial charge >= 0.3 is 0 Å². The van der Waals surface area contributed by atoms with Crippen molar-refractivity contribution in [3.8, 4) is 0 Å². The summed E-state index contributed by atoms with van der Waals surface area (Å²) in [6.07, 6.45) is 5.98. The number of benzene rings is 1. The maximum Gasteiger partial charge on any atom is 0.191 e. The van der Waals surface area contributed by atoms with E-state index >= 15 is 0 Å². The van der Waals surface area contributed by atoms with Gasteiger partial charge in [-0.15, -0.1) is 0 Å². The van der Waals surface area contributed by atoms with Crippen molar-refractivity contribution in [3.63, 3.8) is 0 Å². The first-order valence-corrected chi connectivity index (χ1v) is 11.5. The van der Waals surface area contributed by atoms with Crippen LogP contribution in [0.15, 0.2) is 35.3 Å². The van der Waals surface area contributed by atoms with Crippen LogP contribution in [-0.4, -0.2) is 74.9 Å². The monoisotopic (exact) mass is 399 g/mol. The number of likely N-dealkylation sites (tertiary alicyclic amines) is 1. The fourth-order valence-electron chi connectivity index (χ4n) is 5.01. The van der Waals surface area contributed by atoms with Crippen LogP contribution >= 0.6 is 0 Å². The Hall–Kier alpha value is -1.79. The lowest BCUT2D eigenvalue weighted by Gasteiger charge is -2.43. The number of rotatable bonds is 6. The minimum absolute atomic E-state index is 0.183. The second kappa shape index (κ2) is 9.81. The van der Waals surface area contributed by atoms with E-state index in [0.717, 1.165) is 64.6 Å². The third-order valence-corrected chi connectivity index (χ3v) is 6.73. The summed E-state index contributed by atoms with van der Waals surface area (Å²) in [6.45, 7) is 10.2. The molecule has 3 heterocycles. The van der Waals surface area contributed by atoms with Crippen LogP contribution in [0.2, 0.25) is 0 Å². The number of nitrogens with one attached hydrogen (secondary N) is 2. The molecule has 0 saturated carbocycles. The van der Waals surface area contributed by atoms with Gasteiger partial charge in [-0.05, 0) is 64.3 Å². The lowest BCUT2D eigenvalue weighted by Crippen LogP contribution is -2.54. The van der Waals surface area contributed by atoms with Crippen LogP contribution in [0.25, 0.3) is 0 Å². The standard InChI is InChI=1S/C23H37N5O/c1-2-24-22(26-20-10-15-27(18-20)21-8-4-3-5-9-21)25-19-23(11-16-29-17-12-23)28-13-6-7-14-28/h3-5,8-9,20H,2,6-7,10-19H2,1H3,(H2,24,25,26). The normalized spacial score (nSPS) is 25.3. The molecule has 0 aliphatic carbocycles. The summed E-state index contributed by atoms with van der Waals surface area (Å²) < 4.78 is 5.69. The highest BCUT2D eigenvalue weighted by atomic mass is 16.5. The van der Waals surface area contributed by atoms with Gasteiger partial charge in [-0.1, -0.05) is 18.2 Å². The van der Waals surface area contributed by atoms with Crippen molar-refractivity contribution in [1.82, 2.24) is 15.5 Å². The quantitative estimate of drug-likeness (QED) is 0.569. The van der Waals surface area contributed by atoms with Crippen LogP contribution in [0.3, 0.4) is 0 Å². The van der Waals surface area contributed by atoms with Crippen molar-refractivity contribution < 1.29 is 4.74 Å². The third-order valence-electron chi connectivity index (χ3n) is 6.73. The zero-order valence-electron chi connectivity index (χ0n) is 17.9. The summed E-state index contributed by atoms with van der Waals surface area (Å²) in [5.41, 5.74) is 1.50. The topological polar surface area (TPSA) is 52.1 Å². The summed E-state index contributed by atoms with van der Waals surface area (Å²) in [5, 5.41) is 7.19. The van der Waals surface area contributed by atoms with Crippen LogP contribution in [0.4, 0.5) is 5.69 Å². The lowest BCUT2D eigenvalue weighted by atomic mass is 9.88. The van der Waals surface area contributed by atoms with Gasteiger partial charge in [0.15, 0.2) is 5.96 Å². The van der Waals surface area contributed by atoms with Gasteiger partial charge in [-0.2, -0.15) is 0 Å². The molecule has 3 fully saturated rings. The maximum atomic E-state index is 5.69. The van der Waals surface area contributed by atoms with Crippen LogP contribution in [-0.2, 0) is 4.74 Å². The minimum Gasteiger partial charge on any atom is -0.381 e. The smallest absolute Gasteiger partial charge is 0.191 e. The molecule has 1 atom stereocenters. The Morgan fingerprint density at radius 3 is 2.62 bits per heavy atom. The molecule has 0 radical (unpaired) electrons. The number of hydrogen-bond donors (Lipinski definition) is 2. The average molecular weight is 400 g/mol. The van der Waals surface area contributed by atoms with E-state index in [4.69, 9.17) is 9.73 Å². The number of hydrogen-bond acceptors (Lipinski definition) is 4. The number of para-hydroxylation sites is 1. The first-order chi connectivity index (χ1) is 14.3. The highest BCUT2D eigenvalue weighted by molar-refractivity contribution is 5.80. The summed E-state index contributed by atoms with van der Waals surface area (Å²) in [5.74, 6) is 0.970. The molecule has 2 N–H and O–H groups in total. The summed E-state index contributed by atoms with van der Waals surface area (Å²) in [4.78, 5) is 10.2. The zero-order chi connectivity index (χ0) is 19.9. The van der Waals surface area contributed by atoms with E-state index in [1.54, 1.807) is 0 Å². The van der Waals surface area contributed by atoms with Gasteiger partial charge in [0.1, 0.15) is 0 Å². The molecule has 1 aromatic rings. The molecule has 3 saturated heterocycles. The molecule has 1 unspecified atom stereocenters. The number of aliphatic imine (C=N–C) groups is 1. The fraction of sp³-hybridized carbons (Fsp3) is 0.696. The molecule has 29 heavy (non-hydrogen) atoms. The molecule has 3 aliphatic heterocycles. The van der Waals surface area contributed by atoms with E-state index in [1.165, 1.54) is 31.6 Å². The van der Waals surface area contributed by atoms with Crippen LogP contribution in [0.1, 0.15) is 39.0 Å². The molecule has 0 amide bonds. The molecule has 6 heteroatoms. The fourth-order valence-corrected chi connectivity index (χ4v) is 5.01. The first kappa shape index (κ1) is 20.5. The molecule has 1 aromatic carbocycles. The van der Waals surface area contributed by atoms with Gasteiger partial charge in [0.05, 0.1) is 6.54 Å². The SMILES string of the molecule is CCNC(=NCC1(N2CCCC2)CCOCC1)NC1CCN(c2ccccc2)C1. The zero-order valence-corrected chi connectivity index (χ0v) is 17.9. The second-order valence-electron chi connectivity index (χ2n) is 8.64. The van der Waals surface area contributed by atoms with Crippen molar-refractivity contribution in [3.05, 3.63) is 30.3 Å². The van der Waals surface area contributed by atoms with Gasteiger partial charge in [0.25, 0.3) is 0 Å².